The van der Waals surface area contributed by atoms with Crippen molar-refractivity contribution in [3.05, 3.63) is 0 Å². The topological polar surface area (TPSA) is 61.4 Å². The van der Waals surface area contributed by atoms with E-state index in [4.69, 9.17) is 5.11 Å². The fourth-order valence-corrected chi connectivity index (χ4v) is 1.98. The summed E-state index contributed by atoms with van der Waals surface area (Å²) in [6.45, 7) is 1.75. The molecule has 1 saturated heterocycles. The van der Waals surface area contributed by atoms with Crippen molar-refractivity contribution in [2.45, 2.75) is 37.0 Å². The van der Waals surface area contributed by atoms with Gasteiger partial charge in [0.25, 0.3) is 0 Å². The molecule has 0 aliphatic carbocycles. The summed E-state index contributed by atoms with van der Waals surface area (Å²) in [4.78, 5) is 11.6. The van der Waals surface area contributed by atoms with Crippen LogP contribution >= 0.6 is 12.6 Å². The number of nitrogens with one attached hydrogen (secondary N) is 2. The number of unbranched alkanes of at least 4 members (excludes halogenated alkanes) is 2. The minimum absolute atomic E-state index is 0.0645. The van der Waals surface area contributed by atoms with Gasteiger partial charge in [0, 0.05) is 24.9 Å². The van der Waals surface area contributed by atoms with Crippen LogP contribution < -0.4 is 10.6 Å². The standard InChI is InChI=1S/C10H20N2O2S/c13-5-3-1-2-4-11-10(14)9-6-8(15)7-12-9/h8-9,12-13,15H,1-7H2,(H,11,14). The molecule has 0 aromatic carbocycles. The molecular formula is C10H20N2O2S. The van der Waals surface area contributed by atoms with Gasteiger partial charge in [0.15, 0.2) is 0 Å². The van der Waals surface area contributed by atoms with Crippen molar-refractivity contribution < 1.29 is 9.90 Å². The Morgan fingerprint density at radius 3 is 2.87 bits per heavy atom. The predicted octanol–water partition coefficient (Wildman–Crippen LogP) is -0.0745. The Bertz CT molecular complexity index is 202. The lowest BCUT2D eigenvalue weighted by atomic mass is 10.2. The molecule has 0 aromatic rings. The van der Waals surface area contributed by atoms with Gasteiger partial charge in [0.2, 0.25) is 5.91 Å². The molecule has 1 fully saturated rings. The molecule has 2 atom stereocenters. The third-order valence-corrected chi connectivity index (χ3v) is 2.95. The van der Waals surface area contributed by atoms with Crippen LogP contribution in [0.5, 0.6) is 0 Å². The van der Waals surface area contributed by atoms with Gasteiger partial charge in [-0.3, -0.25) is 4.79 Å². The molecule has 0 saturated carbocycles. The van der Waals surface area contributed by atoms with Crippen LogP contribution in [0.15, 0.2) is 0 Å². The Morgan fingerprint density at radius 2 is 2.27 bits per heavy atom. The molecular weight excluding hydrogens is 212 g/mol. The van der Waals surface area contributed by atoms with Gasteiger partial charge in [0.1, 0.15) is 0 Å². The lowest BCUT2D eigenvalue weighted by Gasteiger charge is -2.10. The summed E-state index contributed by atoms with van der Waals surface area (Å²) in [5, 5.41) is 14.9. The zero-order chi connectivity index (χ0) is 11.1. The Kier molecular flexibility index (Phi) is 6.05. The molecule has 15 heavy (non-hydrogen) atoms. The van der Waals surface area contributed by atoms with Crippen LogP contribution in [0.25, 0.3) is 0 Å². The van der Waals surface area contributed by atoms with E-state index in [0.717, 1.165) is 32.2 Å². The first-order valence-corrected chi connectivity index (χ1v) is 6.05. The Balaban J connectivity index is 2.03. The summed E-state index contributed by atoms with van der Waals surface area (Å²) in [7, 11) is 0. The molecule has 0 bridgehead atoms. The average Bonchev–Trinajstić information content (AvgIpc) is 2.64. The number of thiol groups is 1. The van der Waals surface area contributed by atoms with Crippen molar-refractivity contribution in [1.82, 2.24) is 10.6 Å². The van der Waals surface area contributed by atoms with E-state index in [1.165, 1.54) is 0 Å². The molecule has 1 aliphatic rings. The van der Waals surface area contributed by atoms with E-state index in [1.807, 2.05) is 0 Å². The summed E-state index contributed by atoms with van der Waals surface area (Å²) in [6.07, 6.45) is 3.52. The number of amides is 1. The minimum atomic E-state index is -0.0645. The molecule has 0 aromatic heterocycles. The van der Waals surface area contributed by atoms with Gasteiger partial charge < -0.3 is 15.7 Å². The van der Waals surface area contributed by atoms with Crippen LogP contribution in [0.1, 0.15) is 25.7 Å². The molecule has 2 unspecified atom stereocenters. The zero-order valence-corrected chi connectivity index (χ0v) is 9.80. The number of hydrogen-bond donors (Lipinski definition) is 4. The fourth-order valence-electron chi connectivity index (χ4n) is 1.67. The highest BCUT2D eigenvalue weighted by Gasteiger charge is 2.26. The Labute approximate surface area is 96.2 Å². The maximum atomic E-state index is 11.6. The van der Waals surface area contributed by atoms with Crippen molar-refractivity contribution in [1.29, 1.82) is 0 Å². The van der Waals surface area contributed by atoms with Crippen LogP contribution in [0, 0.1) is 0 Å². The molecule has 3 N–H and O–H groups in total. The van der Waals surface area contributed by atoms with Crippen LogP contribution in [0.3, 0.4) is 0 Å². The number of hydrogen-bond acceptors (Lipinski definition) is 4. The second kappa shape index (κ2) is 7.09. The van der Waals surface area contributed by atoms with Crippen LogP contribution in [-0.2, 0) is 4.79 Å². The minimum Gasteiger partial charge on any atom is -0.396 e. The van der Waals surface area contributed by atoms with Crippen LogP contribution in [0.4, 0.5) is 0 Å². The van der Waals surface area contributed by atoms with Crippen molar-refractivity contribution in [3.8, 4) is 0 Å². The highest BCUT2D eigenvalue weighted by atomic mass is 32.1. The number of rotatable bonds is 6. The first kappa shape index (κ1) is 12.8. The van der Waals surface area contributed by atoms with Gasteiger partial charge in [-0.05, 0) is 25.7 Å². The summed E-state index contributed by atoms with van der Waals surface area (Å²) >= 11 is 4.31. The molecule has 1 aliphatic heterocycles. The molecule has 1 heterocycles. The van der Waals surface area contributed by atoms with E-state index in [2.05, 4.69) is 23.3 Å². The quantitative estimate of drug-likeness (QED) is 0.383. The van der Waals surface area contributed by atoms with E-state index in [1.54, 1.807) is 0 Å². The highest BCUT2D eigenvalue weighted by molar-refractivity contribution is 7.81. The van der Waals surface area contributed by atoms with E-state index in [0.29, 0.717) is 11.8 Å². The largest absolute Gasteiger partial charge is 0.396 e. The monoisotopic (exact) mass is 232 g/mol. The van der Waals surface area contributed by atoms with E-state index in [9.17, 15) is 4.79 Å². The molecule has 5 heteroatoms. The third kappa shape index (κ3) is 4.86. The second-order valence-corrected chi connectivity index (χ2v) is 4.66. The van der Waals surface area contributed by atoms with Crippen LogP contribution in [0.2, 0.25) is 0 Å². The molecule has 4 nitrogen and oxygen atoms in total. The Morgan fingerprint density at radius 1 is 1.47 bits per heavy atom. The van der Waals surface area contributed by atoms with Gasteiger partial charge in [-0.25, -0.2) is 0 Å². The third-order valence-electron chi connectivity index (χ3n) is 2.56. The lowest BCUT2D eigenvalue weighted by Crippen LogP contribution is -2.40. The number of aliphatic hydroxyl groups is 1. The zero-order valence-electron chi connectivity index (χ0n) is 8.91. The number of aliphatic hydroxyl groups excluding tert-OH is 1. The maximum absolute atomic E-state index is 11.6. The van der Waals surface area contributed by atoms with Crippen molar-refractivity contribution in [2.75, 3.05) is 19.7 Å². The first-order valence-electron chi connectivity index (χ1n) is 5.54. The summed E-state index contributed by atoms with van der Waals surface area (Å²) in [6, 6.07) is -0.0645. The van der Waals surface area contributed by atoms with E-state index in [-0.39, 0.29) is 18.6 Å². The SMILES string of the molecule is O=C(NCCCCCO)C1CC(S)CN1. The Hall–Kier alpha value is -0.260. The molecule has 88 valence electrons. The first-order chi connectivity index (χ1) is 7.24. The van der Waals surface area contributed by atoms with Gasteiger partial charge >= 0.3 is 0 Å². The normalized spacial score (nSPS) is 25.5. The van der Waals surface area contributed by atoms with Gasteiger partial charge in [0.05, 0.1) is 6.04 Å². The maximum Gasteiger partial charge on any atom is 0.237 e. The van der Waals surface area contributed by atoms with Crippen LogP contribution in [-0.4, -0.2) is 42.0 Å². The molecule has 1 rings (SSSR count). The molecule has 0 radical (unpaired) electrons. The van der Waals surface area contributed by atoms with Crippen molar-refractivity contribution in [2.24, 2.45) is 0 Å². The summed E-state index contributed by atoms with van der Waals surface area (Å²) in [5.74, 6) is 0.0792. The fraction of sp³-hybridized carbons (Fsp3) is 0.900. The van der Waals surface area contributed by atoms with Gasteiger partial charge in [-0.2, -0.15) is 12.6 Å². The summed E-state index contributed by atoms with van der Waals surface area (Å²) in [5.41, 5.74) is 0. The van der Waals surface area contributed by atoms with E-state index < -0.39 is 0 Å². The van der Waals surface area contributed by atoms with Gasteiger partial charge in [-0.1, -0.05) is 0 Å². The lowest BCUT2D eigenvalue weighted by molar-refractivity contribution is -0.122. The highest BCUT2D eigenvalue weighted by Crippen LogP contribution is 2.11. The van der Waals surface area contributed by atoms with E-state index >= 15 is 0 Å². The van der Waals surface area contributed by atoms with Crippen molar-refractivity contribution >= 4 is 18.5 Å². The second-order valence-electron chi connectivity index (χ2n) is 3.93. The van der Waals surface area contributed by atoms with Gasteiger partial charge in [-0.15, -0.1) is 0 Å². The molecule has 1 amide bonds. The smallest absolute Gasteiger partial charge is 0.237 e. The van der Waals surface area contributed by atoms with Crippen molar-refractivity contribution in [3.63, 3.8) is 0 Å². The average molecular weight is 232 g/mol. The predicted molar refractivity (Wildman–Crippen MR) is 63.1 cm³/mol. The number of carbonyl (C=O) groups excluding carboxylic acids is 1. The molecule has 0 spiro atoms. The number of carbonyl (C=O) groups is 1. The summed E-state index contributed by atoms with van der Waals surface area (Å²) < 4.78 is 0.